The van der Waals surface area contributed by atoms with Crippen molar-refractivity contribution in [2.45, 2.75) is 19.2 Å². The second kappa shape index (κ2) is 6.71. The molecule has 0 radical (unpaired) electrons. The Morgan fingerprint density at radius 2 is 2.19 bits per heavy atom. The maximum Gasteiger partial charge on any atom is 0.171 e. The third-order valence-electron chi connectivity index (χ3n) is 3.55. The van der Waals surface area contributed by atoms with Crippen LogP contribution in [0.3, 0.4) is 0 Å². The molecular formula is C14H18BrNO3S2. The molecule has 4 nitrogen and oxygen atoms in total. The highest BCUT2D eigenvalue weighted by Gasteiger charge is 2.34. The summed E-state index contributed by atoms with van der Waals surface area (Å²) in [4.78, 5) is 13.8. The first-order valence-corrected chi connectivity index (χ1v) is 10.4. The van der Waals surface area contributed by atoms with Crippen LogP contribution in [0.4, 0.5) is 5.69 Å². The van der Waals surface area contributed by atoms with Crippen LogP contribution >= 0.6 is 27.7 Å². The molecule has 1 fully saturated rings. The van der Waals surface area contributed by atoms with Gasteiger partial charge in [-0.3, -0.25) is 4.79 Å². The first-order chi connectivity index (χ1) is 9.86. The van der Waals surface area contributed by atoms with E-state index in [0.717, 1.165) is 10.2 Å². The molecule has 1 atom stereocenters. The van der Waals surface area contributed by atoms with Crippen LogP contribution in [-0.4, -0.2) is 43.4 Å². The van der Waals surface area contributed by atoms with Crippen molar-refractivity contribution in [3.8, 4) is 0 Å². The van der Waals surface area contributed by atoms with Crippen molar-refractivity contribution in [1.82, 2.24) is 0 Å². The van der Waals surface area contributed by atoms with Crippen molar-refractivity contribution in [1.29, 1.82) is 0 Å². The van der Waals surface area contributed by atoms with Gasteiger partial charge in [-0.1, -0.05) is 22.9 Å². The van der Waals surface area contributed by atoms with Gasteiger partial charge < -0.3 is 4.90 Å². The number of hydrogen-bond acceptors (Lipinski definition) is 5. The largest absolute Gasteiger partial charge is 0.353 e. The van der Waals surface area contributed by atoms with Crippen molar-refractivity contribution in [3.63, 3.8) is 0 Å². The van der Waals surface area contributed by atoms with E-state index in [1.165, 1.54) is 6.92 Å². The summed E-state index contributed by atoms with van der Waals surface area (Å²) in [5.41, 5.74) is 1.28. The smallest absolute Gasteiger partial charge is 0.171 e. The van der Waals surface area contributed by atoms with Gasteiger partial charge in [0.25, 0.3) is 0 Å². The van der Waals surface area contributed by atoms with Crippen molar-refractivity contribution in [2.24, 2.45) is 0 Å². The highest BCUT2D eigenvalue weighted by molar-refractivity contribution is 9.10. The minimum atomic E-state index is -3.19. The normalized spacial score (nSPS) is 19.6. The molecule has 0 aliphatic carbocycles. The van der Waals surface area contributed by atoms with Crippen LogP contribution in [-0.2, 0) is 9.84 Å². The average Bonchev–Trinajstić information content (AvgIpc) is 2.47. The Kier molecular flexibility index (Phi) is 5.38. The number of anilines is 1. The Morgan fingerprint density at radius 3 is 2.81 bits per heavy atom. The van der Waals surface area contributed by atoms with Crippen LogP contribution in [0.5, 0.6) is 0 Å². The number of Topliss-reactive ketones (excluding diaryl/α,β-unsaturated/α-hetero) is 1. The fourth-order valence-corrected chi connectivity index (χ4v) is 5.73. The SMILES string of the molecule is CCS(=O)(=O)C1CSCCN1c1ccc(Br)cc1C(C)=O. The van der Waals surface area contributed by atoms with E-state index in [2.05, 4.69) is 15.9 Å². The number of thioether (sulfide) groups is 1. The van der Waals surface area contributed by atoms with Gasteiger partial charge in [0.1, 0.15) is 5.37 Å². The van der Waals surface area contributed by atoms with Gasteiger partial charge in [0.05, 0.1) is 0 Å². The van der Waals surface area contributed by atoms with Crippen molar-refractivity contribution in [3.05, 3.63) is 28.2 Å². The maximum absolute atomic E-state index is 12.3. The fraction of sp³-hybridized carbons (Fsp3) is 0.500. The zero-order valence-electron chi connectivity index (χ0n) is 12.0. The van der Waals surface area contributed by atoms with Crippen LogP contribution in [0, 0.1) is 0 Å². The third-order valence-corrected chi connectivity index (χ3v) is 7.33. The van der Waals surface area contributed by atoms with Gasteiger partial charge in [-0.15, -0.1) is 0 Å². The first kappa shape index (κ1) is 16.8. The van der Waals surface area contributed by atoms with Gasteiger partial charge in [0.2, 0.25) is 0 Å². The molecule has 0 saturated carbocycles. The molecule has 7 heteroatoms. The van der Waals surface area contributed by atoms with Crippen LogP contribution in [0.25, 0.3) is 0 Å². The second-order valence-corrected chi connectivity index (χ2v) is 9.40. The van der Waals surface area contributed by atoms with Gasteiger partial charge >= 0.3 is 0 Å². The van der Waals surface area contributed by atoms with E-state index < -0.39 is 15.2 Å². The van der Waals surface area contributed by atoms with Gasteiger partial charge in [-0.25, -0.2) is 8.42 Å². The van der Waals surface area contributed by atoms with Gasteiger partial charge in [0.15, 0.2) is 15.6 Å². The van der Waals surface area contributed by atoms with Gasteiger partial charge in [0, 0.05) is 39.5 Å². The number of ketones is 1. The van der Waals surface area contributed by atoms with E-state index in [-0.39, 0.29) is 11.5 Å². The third kappa shape index (κ3) is 3.63. The molecule has 0 bridgehead atoms. The summed E-state index contributed by atoms with van der Waals surface area (Å²) < 4.78 is 25.5. The van der Waals surface area contributed by atoms with E-state index in [1.807, 2.05) is 17.0 Å². The topological polar surface area (TPSA) is 54.5 Å². The quantitative estimate of drug-likeness (QED) is 0.738. The van der Waals surface area contributed by atoms with E-state index in [4.69, 9.17) is 0 Å². The lowest BCUT2D eigenvalue weighted by molar-refractivity contribution is 0.101. The molecule has 0 aromatic heterocycles. The lowest BCUT2D eigenvalue weighted by atomic mass is 10.1. The molecule has 0 spiro atoms. The molecule has 1 aliphatic heterocycles. The van der Waals surface area contributed by atoms with E-state index in [9.17, 15) is 13.2 Å². The van der Waals surface area contributed by atoms with Gasteiger partial charge in [-0.05, 0) is 25.1 Å². The average molecular weight is 392 g/mol. The molecule has 1 aromatic carbocycles. The Bertz CT molecular complexity index is 646. The number of benzene rings is 1. The molecule has 116 valence electrons. The van der Waals surface area contributed by atoms with Gasteiger partial charge in [-0.2, -0.15) is 11.8 Å². The molecule has 1 aliphatic rings. The summed E-state index contributed by atoms with van der Waals surface area (Å²) in [6.45, 7) is 3.81. The molecule has 2 rings (SSSR count). The summed E-state index contributed by atoms with van der Waals surface area (Å²) in [7, 11) is -3.19. The fourth-order valence-electron chi connectivity index (χ4n) is 2.39. The summed E-state index contributed by atoms with van der Waals surface area (Å²) >= 11 is 5.01. The van der Waals surface area contributed by atoms with Crippen LogP contribution in [0.1, 0.15) is 24.2 Å². The van der Waals surface area contributed by atoms with E-state index in [1.54, 1.807) is 24.8 Å². The number of sulfone groups is 1. The number of carbonyl (C=O) groups excluding carboxylic acids is 1. The Morgan fingerprint density at radius 1 is 1.48 bits per heavy atom. The number of nitrogens with zero attached hydrogens (tertiary/aromatic N) is 1. The molecule has 0 amide bonds. The van der Waals surface area contributed by atoms with Crippen molar-refractivity contribution in [2.75, 3.05) is 28.7 Å². The summed E-state index contributed by atoms with van der Waals surface area (Å²) in [6, 6.07) is 5.43. The number of rotatable bonds is 4. The van der Waals surface area contributed by atoms with E-state index >= 15 is 0 Å². The first-order valence-electron chi connectivity index (χ1n) is 6.73. The summed E-state index contributed by atoms with van der Waals surface area (Å²) in [5.74, 6) is 1.46. The molecule has 1 saturated heterocycles. The Balaban J connectivity index is 2.50. The highest BCUT2D eigenvalue weighted by atomic mass is 79.9. The zero-order chi connectivity index (χ0) is 15.6. The maximum atomic E-state index is 12.3. The highest BCUT2D eigenvalue weighted by Crippen LogP contribution is 2.32. The number of halogens is 1. The summed E-state index contributed by atoms with van der Waals surface area (Å²) in [5, 5.41) is -0.555. The number of hydrogen-bond donors (Lipinski definition) is 0. The molecule has 1 heterocycles. The standard InChI is InChI=1S/C14H18BrNO3S2/c1-3-21(18,19)14-9-20-7-6-16(14)13-5-4-11(15)8-12(13)10(2)17/h4-5,8,14H,3,6-7,9H2,1-2H3. The Hall–Kier alpha value is -0.530. The molecular weight excluding hydrogens is 374 g/mol. The molecule has 1 aromatic rings. The lowest BCUT2D eigenvalue weighted by Gasteiger charge is -2.37. The predicted octanol–water partition coefficient (Wildman–Crippen LogP) is 2.97. The monoisotopic (exact) mass is 391 g/mol. The molecule has 21 heavy (non-hydrogen) atoms. The van der Waals surface area contributed by atoms with Crippen LogP contribution in [0.15, 0.2) is 22.7 Å². The summed E-state index contributed by atoms with van der Waals surface area (Å²) in [6.07, 6.45) is 0. The second-order valence-electron chi connectivity index (χ2n) is 4.89. The van der Waals surface area contributed by atoms with E-state index in [0.29, 0.717) is 23.5 Å². The minimum Gasteiger partial charge on any atom is -0.353 e. The van der Waals surface area contributed by atoms with Crippen molar-refractivity contribution >= 4 is 49.0 Å². The van der Waals surface area contributed by atoms with Crippen LogP contribution < -0.4 is 4.90 Å². The molecule has 1 unspecified atom stereocenters. The zero-order valence-corrected chi connectivity index (χ0v) is 15.2. The minimum absolute atomic E-state index is 0.0582. The predicted molar refractivity (Wildman–Crippen MR) is 92.1 cm³/mol. The van der Waals surface area contributed by atoms with Crippen molar-refractivity contribution < 1.29 is 13.2 Å². The molecule has 0 N–H and O–H groups in total. The lowest BCUT2D eigenvalue weighted by Crippen LogP contribution is -2.48. The van der Waals surface area contributed by atoms with Crippen LogP contribution in [0.2, 0.25) is 0 Å². The number of carbonyl (C=O) groups is 1. The Labute approximate surface area is 138 Å².